The van der Waals surface area contributed by atoms with Crippen molar-refractivity contribution in [3.63, 3.8) is 0 Å². The highest BCUT2D eigenvalue weighted by molar-refractivity contribution is 9.10. The fourth-order valence-electron chi connectivity index (χ4n) is 1.97. The van der Waals surface area contributed by atoms with E-state index >= 15 is 0 Å². The number of hydrogen-bond acceptors (Lipinski definition) is 3. The summed E-state index contributed by atoms with van der Waals surface area (Å²) in [5, 5.41) is 0. The highest BCUT2D eigenvalue weighted by atomic mass is 79.9. The molecule has 0 aliphatic rings. The van der Waals surface area contributed by atoms with Crippen LogP contribution in [0.3, 0.4) is 0 Å². The van der Waals surface area contributed by atoms with Crippen molar-refractivity contribution in [3.05, 3.63) is 65.7 Å². The van der Waals surface area contributed by atoms with Gasteiger partial charge in [-0.3, -0.25) is 4.31 Å². The first-order valence-electron chi connectivity index (χ1n) is 6.52. The smallest absolute Gasteiger partial charge is 0.264 e. The van der Waals surface area contributed by atoms with Gasteiger partial charge in [-0.15, -0.1) is 6.58 Å². The number of halogens is 1. The van der Waals surface area contributed by atoms with E-state index in [0.717, 1.165) is 4.47 Å². The molecule has 0 amide bonds. The van der Waals surface area contributed by atoms with Gasteiger partial charge in [-0.2, -0.15) is 0 Å². The number of methoxy groups -OCH3 is 1. The summed E-state index contributed by atoms with van der Waals surface area (Å²) < 4.78 is 32.9. The van der Waals surface area contributed by atoms with Gasteiger partial charge < -0.3 is 4.74 Å². The summed E-state index contributed by atoms with van der Waals surface area (Å²) in [6.07, 6.45) is 1.56. The number of sulfonamides is 1. The maximum atomic E-state index is 12.9. The molecule has 6 heteroatoms. The minimum Gasteiger partial charge on any atom is -0.497 e. The van der Waals surface area contributed by atoms with Crippen molar-refractivity contribution in [3.8, 4) is 5.75 Å². The van der Waals surface area contributed by atoms with Gasteiger partial charge in [0.05, 0.1) is 24.2 Å². The largest absolute Gasteiger partial charge is 0.497 e. The van der Waals surface area contributed by atoms with Crippen molar-refractivity contribution in [1.82, 2.24) is 0 Å². The summed E-state index contributed by atoms with van der Waals surface area (Å²) in [5.74, 6) is 0.608. The number of anilines is 1. The Morgan fingerprint density at radius 3 is 2.45 bits per heavy atom. The minimum atomic E-state index is -3.67. The molecule has 0 fully saturated rings. The first-order valence-corrected chi connectivity index (χ1v) is 8.75. The lowest BCUT2D eigenvalue weighted by atomic mass is 10.3. The molecule has 2 aromatic rings. The third-order valence-corrected chi connectivity index (χ3v) is 5.34. The van der Waals surface area contributed by atoms with Gasteiger partial charge in [0.2, 0.25) is 0 Å². The predicted molar refractivity (Wildman–Crippen MR) is 91.9 cm³/mol. The van der Waals surface area contributed by atoms with E-state index in [1.54, 1.807) is 36.4 Å². The number of hydrogen-bond donors (Lipinski definition) is 0. The van der Waals surface area contributed by atoms with Crippen LogP contribution in [0, 0.1) is 0 Å². The van der Waals surface area contributed by atoms with Gasteiger partial charge >= 0.3 is 0 Å². The molecule has 0 N–H and O–H groups in total. The number of ether oxygens (including phenoxy) is 1. The monoisotopic (exact) mass is 381 g/mol. The van der Waals surface area contributed by atoms with E-state index in [9.17, 15) is 8.42 Å². The van der Waals surface area contributed by atoms with Crippen LogP contribution in [0.4, 0.5) is 5.69 Å². The molecule has 0 aromatic heterocycles. The Morgan fingerprint density at radius 1 is 1.23 bits per heavy atom. The molecule has 0 heterocycles. The molecule has 0 radical (unpaired) electrons. The van der Waals surface area contributed by atoms with E-state index in [-0.39, 0.29) is 11.4 Å². The molecule has 0 aliphatic heterocycles. The normalized spacial score (nSPS) is 11.0. The molecule has 4 nitrogen and oxygen atoms in total. The van der Waals surface area contributed by atoms with Crippen LogP contribution in [0.5, 0.6) is 5.75 Å². The molecule has 0 saturated heterocycles. The Balaban J connectivity index is 2.47. The van der Waals surface area contributed by atoms with Crippen molar-refractivity contribution >= 4 is 31.6 Å². The zero-order valence-corrected chi connectivity index (χ0v) is 14.5. The Bertz CT molecular complexity index is 757. The molecule has 0 saturated carbocycles. The second-order valence-electron chi connectivity index (χ2n) is 4.48. The van der Waals surface area contributed by atoms with Crippen LogP contribution < -0.4 is 9.04 Å². The van der Waals surface area contributed by atoms with E-state index in [1.807, 2.05) is 6.07 Å². The summed E-state index contributed by atoms with van der Waals surface area (Å²) in [4.78, 5) is 0.204. The third-order valence-electron chi connectivity index (χ3n) is 3.04. The first-order chi connectivity index (χ1) is 10.5. The molecular weight excluding hydrogens is 366 g/mol. The Hall–Kier alpha value is -1.79. The molecule has 0 spiro atoms. The van der Waals surface area contributed by atoms with Gasteiger partial charge in [-0.25, -0.2) is 8.42 Å². The number of nitrogens with zero attached hydrogens (tertiary/aromatic N) is 1. The Morgan fingerprint density at radius 2 is 1.91 bits per heavy atom. The average molecular weight is 382 g/mol. The molecule has 0 atom stereocenters. The summed E-state index contributed by atoms with van der Waals surface area (Å²) in [7, 11) is -2.14. The summed E-state index contributed by atoms with van der Waals surface area (Å²) >= 11 is 3.36. The fraction of sp³-hybridized carbons (Fsp3) is 0.125. The lowest BCUT2D eigenvalue weighted by molar-refractivity contribution is 0.414. The molecule has 22 heavy (non-hydrogen) atoms. The van der Waals surface area contributed by atoms with Crippen LogP contribution in [0.15, 0.2) is 70.6 Å². The van der Waals surface area contributed by atoms with Gasteiger partial charge in [0.15, 0.2) is 0 Å². The van der Waals surface area contributed by atoms with Gasteiger partial charge in [0, 0.05) is 4.47 Å². The SMILES string of the molecule is C=CCN(c1cccc(Br)c1)S(=O)(=O)c1ccc(OC)cc1. The molecule has 2 aromatic carbocycles. The summed E-state index contributed by atoms with van der Waals surface area (Å²) in [5.41, 5.74) is 0.574. The topological polar surface area (TPSA) is 46.6 Å². The molecular formula is C16H16BrNO3S. The third kappa shape index (κ3) is 3.51. The van der Waals surface area contributed by atoms with E-state index < -0.39 is 10.0 Å². The first kappa shape index (κ1) is 16.6. The molecule has 0 unspecified atom stereocenters. The summed E-state index contributed by atoms with van der Waals surface area (Å²) in [6.45, 7) is 3.83. The van der Waals surface area contributed by atoms with Gasteiger partial charge in [-0.05, 0) is 42.5 Å². The van der Waals surface area contributed by atoms with E-state index in [2.05, 4.69) is 22.5 Å². The highest BCUT2D eigenvalue weighted by Crippen LogP contribution is 2.27. The highest BCUT2D eigenvalue weighted by Gasteiger charge is 2.24. The zero-order valence-electron chi connectivity index (χ0n) is 12.1. The average Bonchev–Trinajstić information content (AvgIpc) is 2.52. The lowest BCUT2D eigenvalue weighted by Gasteiger charge is -2.23. The molecule has 0 bridgehead atoms. The van der Waals surface area contributed by atoms with E-state index in [1.165, 1.54) is 23.5 Å². The second kappa shape index (κ2) is 6.98. The quantitative estimate of drug-likeness (QED) is 0.714. The maximum absolute atomic E-state index is 12.9. The Kier molecular flexibility index (Phi) is 5.26. The van der Waals surface area contributed by atoms with Crippen molar-refractivity contribution in [2.45, 2.75) is 4.90 Å². The van der Waals surface area contributed by atoms with Crippen molar-refractivity contribution in [2.75, 3.05) is 18.0 Å². The maximum Gasteiger partial charge on any atom is 0.264 e. The van der Waals surface area contributed by atoms with Gasteiger partial charge in [0.25, 0.3) is 10.0 Å². The standard InChI is InChI=1S/C16H16BrNO3S/c1-3-11-18(14-6-4-5-13(17)12-14)22(19,20)16-9-7-15(21-2)8-10-16/h3-10,12H,1,11H2,2H3. The minimum absolute atomic E-state index is 0.185. The van der Waals surface area contributed by atoms with Crippen LogP contribution in [-0.4, -0.2) is 22.1 Å². The summed E-state index contributed by atoms with van der Waals surface area (Å²) in [6, 6.07) is 13.4. The second-order valence-corrected chi connectivity index (χ2v) is 7.26. The number of rotatable bonds is 6. The molecule has 2 rings (SSSR count). The molecule has 0 aliphatic carbocycles. The Labute approximate surface area is 139 Å². The number of benzene rings is 2. The van der Waals surface area contributed by atoms with Crippen molar-refractivity contribution in [2.24, 2.45) is 0 Å². The van der Waals surface area contributed by atoms with Crippen molar-refractivity contribution in [1.29, 1.82) is 0 Å². The van der Waals surface area contributed by atoms with Crippen LogP contribution in [0.2, 0.25) is 0 Å². The zero-order chi connectivity index (χ0) is 16.2. The van der Waals surface area contributed by atoms with E-state index in [0.29, 0.717) is 11.4 Å². The van der Waals surface area contributed by atoms with Crippen molar-refractivity contribution < 1.29 is 13.2 Å². The van der Waals surface area contributed by atoms with Crippen LogP contribution in [-0.2, 0) is 10.0 Å². The van der Waals surface area contributed by atoms with Gasteiger partial charge in [-0.1, -0.05) is 28.1 Å². The van der Waals surface area contributed by atoms with Crippen LogP contribution in [0.1, 0.15) is 0 Å². The van der Waals surface area contributed by atoms with Crippen LogP contribution in [0.25, 0.3) is 0 Å². The van der Waals surface area contributed by atoms with Gasteiger partial charge in [0.1, 0.15) is 5.75 Å². The predicted octanol–water partition coefficient (Wildman–Crippen LogP) is 3.84. The molecule has 116 valence electrons. The fourth-order valence-corrected chi connectivity index (χ4v) is 3.78. The van der Waals surface area contributed by atoms with Crippen LogP contribution >= 0.6 is 15.9 Å². The lowest BCUT2D eigenvalue weighted by Crippen LogP contribution is -2.31. The van der Waals surface area contributed by atoms with E-state index in [4.69, 9.17) is 4.74 Å².